The summed E-state index contributed by atoms with van der Waals surface area (Å²) < 4.78 is 5.04. The predicted molar refractivity (Wildman–Crippen MR) is 67.3 cm³/mol. The molecule has 1 heterocycles. The number of carbonyl (C=O) groups excluding carboxylic acids is 2. The molecular formula is C14H11NO4. The maximum Gasteiger partial charge on any atom is 0.345 e. The van der Waals surface area contributed by atoms with E-state index in [9.17, 15) is 14.7 Å². The van der Waals surface area contributed by atoms with Crippen molar-refractivity contribution in [3.63, 3.8) is 0 Å². The Bertz CT molecular complexity index is 623. The summed E-state index contributed by atoms with van der Waals surface area (Å²) >= 11 is 0. The van der Waals surface area contributed by atoms with Gasteiger partial charge in [-0.2, -0.15) is 0 Å². The minimum Gasteiger partial charge on any atom is -0.504 e. The molecule has 0 saturated heterocycles. The van der Waals surface area contributed by atoms with Gasteiger partial charge in [0, 0.05) is 18.0 Å². The summed E-state index contributed by atoms with van der Waals surface area (Å²) in [5.74, 6) is -1.09. The SMILES string of the molecule is CC(=O)c1ccc(O)c(OC(=O)c2cccnc2)c1. The monoisotopic (exact) mass is 257 g/mol. The number of hydrogen-bond acceptors (Lipinski definition) is 5. The topological polar surface area (TPSA) is 76.5 Å². The lowest BCUT2D eigenvalue weighted by molar-refractivity contribution is 0.0728. The van der Waals surface area contributed by atoms with Crippen LogP contribution in [0.3, 0.4) is 0 Å². The summed E-state index contributed by atoms with van der Waals surface area (Å²) in [7, 11) is 0. The summed E-state index contributed by atoms with van der Waals surface area (Å²) in [4.78, 5) is 26.8. The van der Waals surface area contributed by atoms with E-state index >= 15 is 0 Å². The first-order valence-electron chi connectivity index (χ1n) is 5.54. The summed E-state index contributed by atoms with van der Waals surface area (Å²) in [6.45, 7) is 1.39. The smallest absolute Gasteiger partial charge is 0.345 e. The number of phenols is 1. The first-order chi connectivity index (χ1) is 9.08. The number of carbonyl (C=O) groups is 2. The Kier molecular flexibility index (Phi) is 3.56. The van der Waals surface area contributed by atoms with Gasteiger partial charge in [0.15, 0.2) is 17.3 Å². The minimum absolute atomic E-state index is 0.0541. The highest BCUT2D eigenvalue weighted by Crippen LogP contribution is 2.27. The van der Waals surface area contributed by atoms with Crippen molar-refractivity contribution in [2.24, 2.45) is 0 Å². The van der Waals surface area contributed by atoms with E-state index < -0.39 is 5.97 Å². The van der Waals surface area contributed by atoms with Gasteiger partial charge in [0.1, 0.15) is 0 Å². The van der Waals surface area contributed by atoms with Crippen LogP contribution in [-0.4, -0.2) is 21.8 Å². The molecule has 2 rings (SSSR count). The van der Waals surface area contributed by atoms with E-state index in [1.165, 1.54) is 37.5 Å². The van der Waals surface area contributed by atoms with Crippen molar-refractivity contribution in [3.05, 3.63) is 53.9 Å². The third-order valence-corrected chi connectivity index (χ3v) is 2.47. The van der Waals surface area contributed by atoms with Gasteiger partial charge in [0.2, 0.25) is 0 Å². The highest BCUT2D eigenvalue weighted by molar-refractivity contribution is 5.95. The number of benzene rings is 1. The van der Waals surface area contributed by atoms with Gasteiger partial charge in [-0.1, -0.05) is 0 Å². The molecule has 0 aliphatic carbocycles. The summed E-state index contributed by atoms with van der Waals surface area (Å²) in [6, 6.07) is 7.23. The lowest BCUT2D eigenvalue weighted by atomic mass is 10.1. The average molecular weight is 257 g/mol. The molecule has 0 atom stereocenters. The van der Waals surface area contributed by atoms with Crippen molar-refractivity contribution in [3.8, 4) is 11.5 Å². The Labute approximate surface area is 109 Å². The van der Waals surface area contributed by atoms with E-state index in [0.29, 0.717) is 5.56 Å². The Hall–Kier alpha value is -2.69. The van der Waals surface area contributed by atoms with Gasteiger partial charge < -0.3 is 9.84 Å². The molecule has 1 aromatic carbocycles. The molecule has 0 amide bonds. The minimum atomic E-state index is -0.649. The van der Waals surface area contributed by atoms with Crippen LogP contribution in [0.25, 0.3) is 0 Å². The number of aromatic nitrogens is 1. The van der Waals surface area contributed by atoms with Gasteiger partial charge in [0.25, 0.3) is 0 Å². The maximum atomic E-state index is 11.8. The molecule has 5 nitrogen and oxygen atoms in total. The van der Waals surface area contributed by atoms with E-state index in [-0.39, 0.29) is 22.8 Å². The molecule has 0 aliphatic heterocycles. The van der Waals surface area contributed by atoms with Crippen molar-refractivity contribution in [2.45, 2.75) is 6.92 Å². The number of nitrogens with zero attached hydrogens (tertiary/aromatic N) is 1. The van der Waals surface area contributed by atoms with Crippen LogP contribution >= 0.6 is 0 Å². The van der Waals surface area contributed by atoms with Crippen LogP contribution in [0.15, 0.2) is 42.7 Å². The Morgan fingerprint density at radius 3 is 2.63 bits per heavy atom. The number of ether oxygens (including phenoxy) is 1. The summed E-state index contributed by atoms with van der Waals surface area (Å²) in [5.41, 5.74) is 0.613. The van der Waals surface area contributed by atoms with E-state index in [1.807, 2.05) is 0 Å². The van der Waals surface area contributed by atoms with Crippen LogP contribution in [0.1, 0.15) is 27.6 Å². The van der Waals surface area contributed by atoms with Gasteiger partial charge in [-0.05, 0) is 37.3 Å². The van der Waals surface area contributed by atoms with Crippen LogP contribution in [0.4, 0.5) is 0 Å². The number of Topliss-reactive ketones (excluding diaryl/α,β-unsaturated/α-hetero) is 1. The van der Waals surface area contributed by atoms with Gasteiger partial charge in [-0.15, -0.1) is 0 Å². The lowest BCUT2D eigenvalue weighted by Crippen LogP contribution is -2.09. The number of esters is 1. The molecule has 0 unspecified atom stereocenters. The van der Waals surface area contributed by atoms with Crippen molar-refractivity contribution < 1.29 is 19.4 Å². The largest absolute Gasteiger partial charge is 0.504 e. The van der Waals surface area contributed by atoms with Gasteiger partial charge >= 0.3 is 5.97 Å². The molecular weight excluding hydrogens is 246 g/mol. The van der Waals surface area contributed by atoms with Crippen molar-refractivity contribution in [1.82, 2.24) is 4.98 Å². The van der Waals surface area contributed by atoms with Crippen LogP contribution in [0, 0.1) is 0 Å². The fourth-order valence-corrected chi connectivity index (χ4v) is 1.46. The molecule has 5 heteroatoms. The highest BCUT2D eigenvalue weighted by Gasteiger charge is 2.13. The van der Waals surface area contributed by atoms with E-state index in [4.69, 9.17) is 4.74 Å². The third kappa shape index (κ3) is 2.95. The van der Waals surface area contributed by atoms with Crippen LogP contribution in [0.2, 0.25) is 0 Å². The molecule has 0 spiro atoms. The second-order valence-electron chi connectivity index (χ2n) is 3.87. The number of ketones is 1. The zero-order valence-electron chi connectivity index (χ0n) is 10.2. The maximum absolute atomic E-state index is 11.8. The lowest BCUT2D eigenvalue weighted by Gasteiger charge is -2.07. The number of rotatable bonds is 3. The molecule has 0 saturated carbocycles. The first kappa shape index (κ1) is 12.8. The fourth-order valence-electron chi connectivity index (χ4n) is 1.46. The average Bonchev–Trinajstić information content (AvgIpc) is 2.42. The predicted octanol–water partition coefficient (Wildman–Crippen LogP) is 2.21. The molecule has 19 heavy (non-hydrogen) atoms. The van der Waals surface area contributed by atoms with Crippen molar-refractivity contribution in [2.75, 3.05) is 0 Å². The summed E-state index contributed by atoms with van der Waals surface area (Å²) in [6.07, 6.45) is 2.89. The number of phenolic OH excluding ortho intramolecular Hbond substituents is 1. The molecule has 0 radical (unpaired) electrons. The molecule has 0 aliphatic rings. The molecule has 1 aromatic heterocycles. The van der Waals surface area contributed by atoms with Gasteiger partial charge in [0.05, 0.1) is 5.56 Å². The fraction of sp³-hybridized carbons (Fsp3) is 0.0714. The number of pyridine rings is 1. The molecule has 0 fully saturated rings. The molecule has 1 N–H and O–H groups in total. The van der Waals surface area contributed by atoms with E-state index in [2.05, 4.69) is 4.98 Å². The zero-order chi connectivity index (χ0) is 13.8. The Balaban J connectivity index is 2.26. The van der Waals surface area contributed by atoms with Crippen molar-refractivity contribution >= 4 is 11.8 Å². The second-order valence-corrected chi connectivity index (χ2v) is 3.87. The number of hydrogen-bond donors (Lipinski definition) is 1. The highest BCUT2D eigenvalue weighted by atomic mass is 16.5. The normalized spacial score (nSPS) is 9.95. The van der Waals surface area contributed by atoms with Gasteiger partial charge in [-0.25, -0.2) is 4.79 Å². The van der Waals surface area contributed by atoms with Crippen molar-refractivity contribution in [1.29, 1.82) is 0 Å². The Morgan fingerprint density at radius 1 is 1.21 bits per heavy atom. The van der Waals surface area contributed by atoms with Crippen LogP contribution in [-0.2, 0) is 0 Å². The molecule has 96 valence electrons. The standard InChI is InChI=1S/C14H11NO4/c1-9(16)10-4-5-12(17)13(7-10)19-14(18)11-3-2-6-15-8-11/h2-8,17H,1H3. The molecule has 0 bridgehead atoms. The van der Waals surface area contributed by atoms with E-state index in [0.717, 1.165) is 0 Å². The van der Waals surface area contributed by atoms with Gasteiger partial charge in [-0.3, -0.25) is 9.78 Å². The molecule has 2 aromatic rings. The summed E-state index contributed by atoms with van der Waals surface area (Å²) in [5, 5.41) is 9.61. The number of aromatic hydroxyl groups is 1. The Morgan fingerprint density at radius 2 is 2.00 bits per heavy atom. The zero-order valence-corrected chi connectivity index (χ0v) is 10.2. The van der Waals surface area contributed by atoms with E-state index in [1.54, 1.807) is 12.1 Å². The first-order valence-corrected chi connectivity index (χ1v) is 5.54. The third-order valence-electron chi connectivity index (χ3n) is 2.47. The van der Waals surface area contributed by atoms with Crippen LogP contribution < -0.4 is 4.74 Å². The quantitative estimate of drug-likeness (QED) is 0.518. The van der Waals surface area contributed by atoms with Crippen LogP contribution in [0.5, 0.6) is 11.5 Å². The second kappa shape index (κ2) is 5.30.